The maximum absolute atomic E-state index is 12.6. The fourth-order valence-corrected chi connectivity index (χ4v) is 3.27. The van der Waals surface area contributed by atoms with E-state index in [0.717, 1.165) is 44.0 Å². The number of hydrogen-bond acceptors (Lipinski definition) is 5. The molecule has 0 radical (unpaired) electrons. The number of amides is 1. The number of carbonyl (C=O) groups is 1. The molecule has 2 aliphatic heterocycles. The smallest absolute Gasteiger partial charge is 0.249 e. The Kier molecular flexibility index (Phi) is 3.99. The number of aromatic nitrogens is 2. The van der Waals surface area contributed by atoms with Crippen LogP contribution in [-0.4, -0.2) is 48.2 Å². The van der Waals surface area contributed by atoms with Crippen LogP contribution >= 0.6 is 11.6 Å². The van der Waals surface area contributed by atoms with E-state index in [2.05, 4.69) is 14.9 Å². The molecule has 1 unspecified atom stereocenters. The van der Waals surface area contributed by atoms with Crippen molar-refractivity contribution in [2.75, 3.05) is 30.1 Å². The van der Waals surface area contributed by atoms with Crippen molar-refractivity contribution in [2.24, 2.45) is 0 Å². The summed E-state index contributed by atoms with van der Waals surface area (Å²) in [6.07, 6.45) is 4.16. The average molecular weight is 311 g/mol. The molecular formula is C14H19ClN4O2. The number of halogens is 1. The summed E-state index contributed by atoms with van der Waals surface area (Å²) >= 11 is 5.98. The highest BCUT2D eigenvalue weighted by molar-refractivity contribution is 6.28. The van der Waals surface area contributed by atoms with Crippen molar-refractivity contribution in [3.05, 3.63) is 11.5 Å². The molecule has 0 spiro atoms. The van der Waals surface area contributed by atoms with Gasteiger partial charge in [-0.15, -0.1) is 0 Å². The van der Waals surface area contributed by atoms with Gasteiger partial charge in [-0.05, 0) is 30.9 Å². The Balaban J connectivity index is 2.07. The molecule has 1 amide bonds. The van der Waals surface area contributed by atoms with Crippen molar-refractivity contribution in [1.29, 1.82) is 0 Å². The fourth-order valence-electron chi connectivity index (χ4n) is 3.14. The van der Waals surface area contributed by atoms with E-state index in [-0.39, 0.29) is 23.3 Å². The lowest BCUT2D eigenvalue weighted by Crippen LogP contribution is -2.57. The monoisotopic (exact) mass is 310 g/mol. The van der Waals surface area contributed by atoms with Crippen molar-refractivity contribution >= 4 is 29.0 Å². The van der Waals surface area contributed by atoms with Gasteiger partial charge in [0.1, 0.15) is 11.7 Å². The number of carbonyl (C=O) groups excluding carboxylic acids is 1. The van der Waals surface area contributed by atoms with E-state index in [9.17, 15) is 4.79 Å². The van der Waals surface area contributed by atoms with Gasteiger partial charge < -0.3 is 14.5 Å². The highest BCUT2D eigenvalue weighted by Gasteiger charge is 2.40. The van der Waals surface area contributed by atoms with Gasteiger partial charge in [0.25, 0.3) is 0 Å². The predicted molar refractivity (Wildman–Crippen MR) is 80.9 cm³/mol. The summed E-state index contributed by atoms with van der Waals surface area (Å²) in [5, 5.41) is 0.211. The van der Waals surface area contributed by atoms with Crippen LogP contribution in [0.1, 0.15) is 26.2 Å². The SMILES string of the molecule is CCC1C(=O)N(C)c2cnc(Cl)nc2N1C1CCOCC1. The van der Waals surface area contributed by atoms with Crippen molar-refractivity contribution in [1.82, 2.24) is 9.97 Å². The first-order valence-electron chi connectivity index (χ1n) is 7.29. The summed E-state index contributed by atoms with van der Waals surface area (Å²) in [7, 11) is 1.77. The van der Waals surface area contributed by atoms with Crippen LogP contribution < -0.4 is 9.80 Å². The summed E-state index contributed by atoms with van der Waals surface area (Å²) in [6, 6.07) is 0.0580. The number of likely N-dealkylation sites (N-methyl/N-ethyl adjacent to an activating group) is 1. The lowest BCUT2D eigenvalue weighted by molar-refractivity contribution is -0.120. The second kappa shape index (κ2) is 5.77. The van der Waals surface area contributed by atoms with Crippen LogP contribution in [0, 0.1) is 0 Å². The van der Waals surface area contributed by atoms with E-state index in [1.807, 2.05) is 6.92 Å². The number of anilines is 2. The maximum Gasteiger partial charge on any atom is 0.249 e. The van der Waals surface area contributed by atoms with Gasteiger partial charge in [0, 0.05) is 26.3 Å². The Labute approximate surface area is 129 Å². The third kappa shape index (κ3) is 2.46. The lowest BCUT2D eigenvalue weighted by atomic mass is 10.00. The van der Waals surface area contributed by atoms with E-state index < -0.39 is 0 Å². The Morgan fingerprint density at radius 1 is 1.43 bits per heavy atom. The number of fused-ring (bicyclic) bond motifs is 1. The highest BCUT2D eigenvalue weighted by Crippen LogP contribution is 2.37. The molecule has 0 N–H and O–H groups in total. The first-order valence-corrected chi connectivity index (χ1v) is 7.67. The van der Waals surface area contributed by atoms with Crippen molar-refractivity contribution < 1.29 is 9.53 Å². The molecule has 1 fully saturated rings. The van der Waals surface area contributed by atoms with Crippen molar-refractivity contribution in [2.45, 2.75) is 38.3 Å². The molecule has 6 nitrogen and oxygen atoms in total. The Hall–Kier alpha value is -1.40. The van der Waals surface area contributed by atoms with E-state index >= 15 is 0 Å². The first-order chi connectivity index (χ1) is 10.1. The number of ether oxygens (including phenoxy) is 1. The maximum atomic E-state index is 12.6. The minimum absolute atomic E-state index is 0.0856. The van der Waals surface area contributed by atoms with Gasteiger partial charge in [-0.1, -0.05) is 6.92 Å². The third-order valence-electron chi connectivity index (χ3n) is 4.25. The molecule has 7 heteroatoms. The highest BCUT2D eigenvalue weighted by atomic mass is 35.5. The van der Waals surface area contributed by atoms with Gasteiger partial charge in [0.05, 0.1) is 6.20 Å². The van der Waals surface area contributed by atoms with Crippen molar-refractivity contribution in [3.63, 3.8) is 0 Å². The normalized spacial score (nSPS) is 23.4. The number of hydrogen-bond donors (Lipinski definition) is 0. The zero-order chi connectivity index (χ0) is 15.0. The molecule has 1 atom stereocenters. The molecule has 0 aliphatic carbocycles. The van der Waals surface area contributed by atoms with Gasteiger partial charge >= 0.3 is 0 Å². The second-order valence-corrected chi connectivity index (χ2v) is 5.76. The molecule has 0 bridgehead atoms. The Bertz CT molecular complexity index is 548. The Morgan fingerprint density at radius 2 is 2.14 bits per heavy atom. The van der Waals surface area contributed by atoms with Crippen molar-refractivity contribution in [3.8, 4) is 0 Å². The average Bonchev–Trinajstić information content (AvgIpc) is 2.51. The number of nitrogens with zero attached hydrogens (tertiary/aromatic N) is 4. The quantitative estimate of drug-likeness (QED) is 0.781. The first kappa shape index (κ1) is 14.5. The topological polar surface area (TPSA) is 58.6 Å². The van der Waals surface area contributed by atoms with Crippen LogP contribution in [0.5, 0.6) is 0 Å². The second-order valence-electron chi connectivity index (χ2n) is 5.42. The zero-order valence-corrected chi connectivity index (χ0v) is 13.0. The van der Waals surface area contributed by atoms with Gasteiger partial charge in [-0.3, -0.25) is 4.79 Å². The summed E-state index contributed by atoms with van der Waals surface area (Å²) < 4.78 is 5.44. The van der Waals surface area contributed by atoms with Gasteiger partial charge in [-0.25, -0.2) is 4.98 Å². The minimum Gasteiger partial charge on any atom is -0.381 e. The molecule has 1 aromatic heterocycles. The molecule has 3 rings (SSSR count). The van der Waals surface area contributed by atoms with E-state index in [0.29, 0.717) is 0 Å². The zero-order valence-electron chi connectivity index (χ0n) is 12.3. The number of rotatable bonds is 2. The molecule has 2 aliphatic rings. The summed E-state index contributed by atoms with van der Waals surface area (Å²) in [6.45, 7) is 3.46. The van der Waals surface area contributed by atoms with Gasteiger partial charge in [0.2, 0.25) is 11.2 Å². The summed E-state index contributed by atoms with van der Waals surface area (Å²) in [5.74, 6) is 0.846. The molecule has 21 heavy (non-hydrogen) atoms. The van der Waals surface area contributed by atoms with Crippen LogP contribution in [-0.2, 0) is 9.53 Å². The largest absolute Gasteiger partial charge is 0.381 e. The van der Waals surface area contributed by atoms with Crippen LogP contribution in [0.3, 0.4) is 0 Å². The summed E-state index contributed by atoms with van der Waals surface area (Å²) in [4.78, 5) is 24.8. The Morgan fingerprint density at radius 3 is 2.81 bits per heavy atom. The predicted octanol–water partition coefficient (Wildman–Crippen LogP) is 1.87. The van der Waals surface area contributed by atoms with E-state index in [1.165, 1.54) is 0 Å². The molecule has 0 aromatic carbocycles. The molecule has 1 saturated heterocycles. The minimum atomic E-state index is -0.198. The molecule has 3 heterocycles. The van der Waals surface area contributed by atoms with E-state index in [4.69, 9.17) is 16.3 Å². The third-order valence-corrected chi connectivity index (χ3v) is 4.43. The van der Waals surface area contributed by atoms with Gasteiger partial charge in [0.15, 0.2) is 5.82 Å². The van der Waals surface area contributed by atoms with Crippen LogP contribution in [0.15, 0.2) is 6.20 Å². The van der Waals surface area contributed by atoms with Gasteiger partial charge in [-0.2, -0.15) is 4.98 Å². The van der Waals surface area contributed by atoms with Crippen LogP contribution in [0.4, 0.5) is 11.5 Å². The molecular weight excluding hydrogens is 292 g/mol. The molecule has 0 saturated carbocycles. The van der Waals surface area contributed by atoms with E-state index in [1.54, 1.807) is 18.1 Å². The van der Waals surface area contributed by atoms with Crippen LogP contribution in [0.2, 0.25) is 5.28 Å². The molecule has 1 aromatic rings. The molecule has 114 valence electrons. The standard InChI is InChI=1S/C14H19ClN4O2/c1-3-10-13(20)18(2)11-8-16-14(15)17-12(11)19(10)9-4-6-21-7-5-9/h8-10H,3-7H2,1-2H3. The summed E-state index contributed by atoms with van der Waals surface area (Å²) in [5.41, 5.74) is 0.723. The van der Waals surface area contributed by atoms with Crippen LogP contribution in [0.25, 0.3) is 0 Å². The fraction of sp³-hybridized carbons (Fsp3) is 0.643. The lowest BCUT2D eigenvalue weighted by Gasteiger charge is -2.45.